The first-order chi connectivity index (χ1) is 13.1. The van der Waals surface area contributed by atoms with E-state index in [1.165, 1.54) is 35.2 Å². The molecule has 1 amide bonds. The summed E-state index contributed by atoms with van der Waals surface area (Å²) in [5.41, 5.74) is 2.47. The number of benzene rings is 1. The van der Waals surface area contributed by atoms with Crippen molar-refractivity contribution in [3.63, 3.8) is 0 Å². The van der Waals surface area contributed by atoms with Crippen molar-refractivity contribution in [2.75, 3.05) is 5.75 Å². The van der Waals surface area contributed by atoms with Crippen LogP contribution >= 0.6 is 23.1 Å². The van der Waals surface area contributed by atoms with Crippen LogP contribution in [0.3, 0.4) is 0 Å². The van der Waals surface area contributed by atoms with Crippen molar-refractivity contribution in [3.8, 4) is 21.1 Å². The van der Waals surface area contributed by atoms with Crippen LogP contribution in [-0.2, 0) is 4.79 Å². The summed E-state index contributed by atoms with van der Waals surface area (Å²) in [5.74, 6) is 0.117. The third-order valence-corrected chi connectivity index (χ3v) is 6.20. The zero-order chi connectivity index (χ0) is 18.8. The summed E-state index contributed by atoms with van der Waals surface area (Å²) < 4.78 is 13.1. The zero-order valence-corrected chi connectivity index (χ0v) is 16.2. The van der Waals surface area contributed by atoms with Crippen LogP contribution in [0.25, 0.3) is 21.1 Å². The molecule has 3 aromatic rings. The number of thiazole rings is 1. The molecular formula is C19H17FN4OS2. The lowest BCUT2D eigenvalue weighted by atomic mass is 10.2. The van der Waals surface area contributed by atoms with Gasteiger partial charge >= 0.3 is 0 Å². The summed E-state index contributed by atoms with van der Waals surface area (Å²) in [7, 11) is 0. The molecule has 0 spiro atoms. The highest BCUT2D eigenvalue weighted by atomic mass is 32.2. The van der Waals surface area contributed by atoms with E-state index in [1.807, 2.05) is 19.1 Å². The minimum Gasteiger partial charge on any atom is -0.353 e. The second-order valence-corrected chi connectivity index (χ2v) is 8.32. The number of rotatable bonds is 6. The van der Waals surface area contributed by atoms with Crippen LogP contribution in [0.1, 0.15) is 18.5 Å². The molecule has 1 N–H and O–H groups in total. The summed E-state index contributed by atoms with van der Waals surface area (Å²) in [6.07, 6.45) is 2.16. The standard InChI is InChI=1S/C19H17FN4OS2/c1-11-18(27-19(21-11)12-2-4-13(20)5-3-12)15-8-9-17(24-23-15)26-10-16(25)22-14-6-7-14/h2-5,8-9,14H,6-7,10H2,1H3,(H,22,25). The fourth-order valence-corrected chi connectivity index (χ4v) is 4.17. The van der Waals surface area contributed by atoms with Crippen LogP contribution < -0.4 is 5.32 Å². The van der Waals surface area contributed by atoms with Gasteiger partial charge in [0.2, 0.25) is 5.91 Å². The molecule has 0 saturated heterocycles. The number of thioether (sulfide) groups is 1. The number of nitrogens with one attached hydrogen (secondary N) is 1. The number of aromatic nitrogens is 3. The van der Waals surface area contributed by atoms with Crippen molar-refractivity contribution in [2.24, 2.45) is 0 Å². The number of aryl methyl sites for hydroxylation is 1. The van der Waals surface area contributed by atoms with E-state index in [9.17, 15) is 9.18 Å². The molecule has 5 nitrogen and oxygen atoms in total. The van der Waals surface area contributed by atoms with Gasteiger partial charge in [-0.05, 0) is 56.2 Å². The number of carbonyl (C=O) groups is 1. The Morgan fingerprint density at radius 1 is 1.22 bits per heavy atom. The zero-order valence-electron chi connectivity index (χ0n) is 14.6. The number of hydrogen-bond donors (Lipinski definition) is 1. The average Bonchev–Trinajstić information content (AvgIpc) is 3.40. The van der Waals surface area contributed by atoms with Gasteiger partial charge in [0, 0.05) is 11.6 Å². The lowest BCUT2D eigenvalue weighted by Gasteiger charge is -2.03. The second kappa shape index (κ2) is 7.74. The number of nitrogens with zero attached hydrogens (tertiary/aromatic N) is 3. The molecule has 1 aliphatic rings. The number of halogens is 1. The van der Waals surface area contributed by atoms with Gasteiger partial charge in [0.15, 0.2) is 0 Å². The van der Waals surface area contributed by atoms with E-state index in [1.54, 1.807) is 12.1 Å². The molecule has 0 radical (unpaired) electrons. The van der Waals surface area contributed by atoms with Crippen molar-refractivity contribution in [3.05, 3.63) is 47.9 Å². The van der Waals surface area contributed by atoms with E-state index < -0.39 is 0 Å². The molecule has 2 heterocycles. The van der Waals surface area contributed by atoms with Gasteiger partial charge in [-0.1, -0.05) is 11.8 Å². The van der Waals surface area contributed by atoms with Gasteiger partial charge < -0.3 is 5.32 Å². The van der Waals surface area contributed by atoms with E-state index >= 15 is 0 Å². The van der Waals surface area contributed by atoms with Gasteiger partial charge in [-0.3, -0.25) is 4.79 Å². The fourth-order valence-electron chi connectivity index (χ4n) is 2.50. The summed E-state index contributed by atoms with van der Waals surface area (Å²) >= 11 is 2.88. The lowest BCUT2D eigenvalue weighted by Crippen LogP contribution is -2.27. The van der Waals surface area contributed by atoms with Gasteiger partial charge in [0.25, 0.3) is 0 Å². The van der Waals surface area contributed by atoms with Gasteiger partial charge in [0.05, 0.1) is 16.3 Å². The normalized spacial score (nSPS) is 13.6. The molecule has 0 atom stereocenters. The van der Waals surface area contributed by atoms with Crippen molar-refractivity contribution < 1.29 is 9.18 Å². The van der Waals surface area contributed by atoms with Crippen LogP contribution in [0.5, 0.6) is 0 Å². The predicted octanol–water partition coefficient (Wildman–Crippen LogP) is 4.09. The van der Waals surface area contributed by atoms with Crippen LogP contribution in [0, 0.1) is 12.7 Å². The molecule has 27 heavy (non-hydrogen) atoms. The first-order valence-electron chi connectivity index (χ1n) is 8.58. The Labute approximate surface area is 164 Å². The smallest absolute Gasteiger partial charge is 0.230 e. The summed E-state index contributed by atoms with van der Waals surface area (Å²) in [6.45, 7) is 1.92. The molecule has 4 rings (SSSR count). The number of hydrogen-bond acceptors (Lipinski definition) is 6. The minimum absolute atomic E-state index is 0.0376. The van der Waals surface area contributed by atoms with E-state index in [4.69, 9.17) is 0 Å². The summed E-state index contributed by atoms with van der Waals surface area (Å²) in [4.78, 5) is 17.3. The molecule has 1 aliphatic carbocycles. The van der Waals surface area contributed by atoms with E-state index in [-0.39, 0.29) is 11.7 Å². The topological polar surface area (TPSA) is 67.8 Å². The highest BCUT2D eigenvalue weighted by Gasteiger charge is 2.23. The fraction of sp³-hybridized carbons (Fsp3) is 0.263. The monoisotopic (exact) mass is 400 g/mol. The summed E-state index contributed by atoms with van der Waals surface area (Å²) in [6, 6.07) is 10.4. The maximum absolute atomic E-state index is 13.1. The Bertz CT molecular complexity index is 953. The molecule has 0 aliphatic heterocycles. The molecule has 1 aromatic carbocycles. The molecule has 8 heteroatoms. The predicted molar refractivity (Wildman–Crippen MR) is 105 cm³/mol. The van der Waals surface area contributed by atoms with Crippen molar-refractivity contribution in [1.82, 2.24) is 20.5 Å². The van der Waals surface area contributed by atoms with Gasteiger partial charge in [-0.25, -0.2) is 9.37 Å². The maximum Gasteiger partial charge on any atom is 0.230 e. The second-order valence-electron chi connectivity index (χ2n) is 6.33. The first kappa shape index (κ1) is 18.1. The van der Waals surface area contributed by atoms with E-state index in [0.29, 0.717) is 16.8 Å². The van der Waals surface area contributed by atoms with Gasteiger partial charge in [-0.2, -0.15) is 0 Å². The lowest BCUT2D eigenvalue weighted by molar-refractivity contribution is -0.118. The van der Waals surface area contributed by atoms with Crippen LogP contribution in [0.4, 0.5) is 4.39 Å². The quantitative estimate of drug-likeness (QED) is 0.632. The van der Waals surface area contributed by atoms with Crippen LogP contribution in [-0.4, -0.2) is 32.9 Å². The van der Waals surface area contributed by atoms with Gasteiger partial charge in [0.1, 0.15) is 21.5 Å². The molecule has 138 valence electrons. The molecule has 1 saturated carbocycles. The largest absolute Gasteiger partial charge is 0.353 e. The third-order valence-electron chi connectivity index (χ3n) is 4.05. The van der Waals surface area contributed by atoms with Crippen molar-refractivity contribution in [1.29, 1.82) is 0 Å². The number of carbonyl (C=O) groups excluding carboxylic acids is 1. The molecule has 0 unspecified atom stereocenters. The third kappa shape index (κ3) is 4.51. The highest BCUT2D eigenvalue weighted by Crippen LogP contribution is 2.34. The average molecular weight is 401 g/mol. The van der Waals surface area contributed by atoms with Crippen LogP contribution in [0.2, 0.25) is 0 Å². The molecule has 2 aromatic heterocycles. The van der Waals surface area contributed by atoms with E-state index in [0.717, 1.165) is 39.7 Å². The molecule has 0 bridgehead atoms. The van der Waals surface area contributed by atoms with Crippen molar-refractivity contribution >= 4 is 29.0 Å². The molecular weight excluding hydrogens is 383 g/mol. The maximum atomic E-state index is 13.1. The Hall–Kier alpha value is -2.32. The SMILES string of the molecule is Cc1nc(-c2ccc(F)cc2)sc1-c1ccc(SCC(=O)NC2CC2)nn1. The Kier molecular flexibility index (Phi) is 5.18. The Balaban J connectivity index is 1.45. The minimum atomic E-state index is -0.267. The Morgan fingerprint density at radius 2 is 2.00 bits per heavy atom. The summed E-state index contributed by atoms with van der Waals surface area (Å²) in [5, 5.41) is 13.0. The highest BCUT2D eigenvalue weighted by molar-refractivity contribution is 7.99. The molecule has 1 fully saturated rings. The Morgan fingerprint density at radius 3 is 2.67 bits per heavy atom. The number of amides is 1. The van der Waals surface area contributed by atoms with Gasteiger partial charge in [-0.15, -0.1) is 21.5 Å². The first-order valence-corrected chi connectivity index (χ1v) is 10.4. The van der Waals surface area contributed by atoms with Crippen LogP contribution in [0.15, 0.2) is 41.4 Å². The van der Waals surface area contributed by atoms with E-state index in [2.05, 4.69) is 20.5 Å². The van der Waals surface area contributed by atoms with Crippen molar-refractivity contribution in [2.45, 2.75) is 30.8 Å².